The highest BCUT2D eigenvalue weighted by Gasteiger charge is 2.11. The molecule has 0 spiro atoms. The fourth-order valence-corrected chi connectivity index (χ4v) is 2.63. The Morgan fingerprint density at radius 3 is 2.44 bits per heavy atom. The Hall–Kier alpha value is -1.36. The number of nitrogens with zero attached hydrogens (tertiary/aromatic N) is 2. The first-order valence-corrected chi connectivity index (χ1v) is 6.37. The summed E-state index contributed by atoms with van der Waals surface area (Å²) in [4.78, 5) is 2.35. The maximum Gasteiger partial charge on any atom is 0.170 e. The summed E-state index contributed by atoms with van der Waals surface area (Å²) < 4.78 is 0. The maximum atomic E-state index is 8.56. The van der Waals surface area contributed by atoms with E-state index in [1.54, 1.807) is 0 Å². The van der Waals surface area contributed by atoms with Gasteiger partial charge in [-0.3, -0.25) is 0 Å². The Kier molecular flexibility index (Phi) is 3.56. The molecule has 5 heteroatoms. The molecular weight excluding hydrogens is 222 g/mol. The van der Waals surface area contributed by atoms with Crippen molar-refractivity contribution in [3.05, 3.63) is 29.8 Å². The van der Waals surface area contributed by atoms with E-state index in [4.69, 9.17) is 10.9 Å². The first-order chi connectivity index (χ1) is 7.81. The topological polar surface area (TPSA) is 61.9 Å². The van der Waals surface area contributed by atoms with Gasteiger partial charge in [-0.25, -0.2) is 0 Å². The molecule has 0 atom stereocenters. The van der Waals surface area contributed by atoms with Crippen LogP contribution in [0.4, 0.5) is 5.69 Å². The van der Waals surface area contributed by atoms with Crippen molar-refractivity contribution in [1.29, 1.82) is 0 Å². The minimum atomic E-state index is 0.153. The summed E-state index contributed by atoms with van der Waals surface area (Å²) in [6.07, 6.45) is 0. The van der Waals surface area contributed by atoms with E-state index >= 15 is 0 Å². The summed E-state index contributed by atoms with van der Waals surface area (Å²) in [5, 5.41) is 11.5. The van der Waals surface area contributed by atoms with Gasteiger partial charge in [-0.05, 0) is 24.3 Å². The predicted molar refractivity (Wildman–Crippen MR) is 68.5 cm³/mol. The second kappa shape index (κ2) is 5.12. The van der Waals surface area contributed by atoms with Gasteiger partial charge < -0.3 is 15.8 Å². The average molecular weight is 237 g/mol. The number of nitrogens with two attached hydrogens (primary N) is 1. The van der Waals surface area contributed by atoms with Gasteiger partial charge in [0.2, 0.25) is 0 Å². The van der Waals surface area contributed by atoms with Crippen molar-refractivity contribution >= 4 is 23.3 Å². The second-order valence-electron chi connectivity index (χ2n) is 3.63. The van der Waals surface area contributed by atoms with Crippen molar-refractivity contribution in [2.24, 2.45) is 10.9 Å². The third kappa shape index (κ3) is 2.41. The van der Waals surface area contributed by atoms with Crippen LogP contribution < -0.4 is 10.6 Å². The second-order valence-corrected chi connectivity index (χ2v) is 4.86. The minimum Gasteiger partial charge on any atom is -0.409 e. The normalized spacial score (nSPS) is 17.5. The summed E-state index contributed by atoms with van der Waals surface area (Å²) in [6.45, 7) is 2.18. The molecule has 1 fully saturated rings. The van der Waals surface area contributed by atoms with Crippen molar-refractivity contribution in [3.63, 3.8) is 0 Å². The molecular formula is C11H15N3OS. The van der Waals surface area contributed by atoms with Crippen LogP contribution >= 0.6 is 11.8 Å². The molecule has 1 aliphatic rings. The fraction of sp³-hybridized carbons (Fsp3) is 0.364. The van der Waals surface area contributed by atoms with Gasteiger partial charge in [0.15, 0.2) is 5.84 Å². The zero-order valence-corrected chi connectivity index (χ0v) is 9.78. The molecule has 0 saturated carbocycles. The van der Waals surface area contributed by atoms with Gasteiger partial charge in [-0.15, -0.1) is 0 Å². The molecule has 1 aromatic carbocycles. The van der Waals surface area contributed by atoms with Crippen LogP contribution in [0.5, 0.6) is 0 Å². The third-order valence-corrected chi connectivity index (χ3v) is 3.59. The molecule has 3 N–H and O–H groups in total. The van der Waals surface area contributed by atoms with Crippen LogP contribution in [0.2, 0.25) is 0 Å². The molecule has 2 rings (SSSR count). The molecule has 0 amide bonds. The van der Waals surface area contributed by atoms with Crippen molar-refractivity contribution in [2.75, 3.05) is 29.5 Å². The highest BCUT2D eigenvalue weighted by molar-refractivity contribution is 7.99. The maximum absolute atomic E-state index is 8.56. The molecule has 0 unspecified atom stereocenters. The van der Waals surface area contributed by atoms with Gasteiger partial charge in [-0.1, -0.05) is 5.16 Å². The molecule has 1 aliphatic heterocycles. The van der Waals surface area contributed by atoms with Crippen LogP contribution in [-0.4, -0.2) is 35.6 Å². The van der Waals surface area contributed by atoms with E-state index in [-0.39, 0.29) is 5.84 Å². The van der Waals surface area contributed by atoms with Crippen LogP contribution in [0.15, 0.2) is 29.4 Å². The number of hydrogen-bond acceptors (Lipinski definition) is 4. The van der Waals surface area contributed by atoms with E-state index in [0.29, 0.717) is 0 Å². The number of oxime groups is 1. The van der Waals surface area contributed by atoms with Crippen molar-refractivity contribution in [3.8, 4) is 0 Å². The molecule has 1 aromatic rings. The molecule has 0 aliphatic carbocycles. The summed E-state index contributed by atoms with van der Waals surface area (Å²) in [5.41, 5.74) is 7.46. The van der Waals surface area contributed by atoms with Gasteiger partial charge >= 0.3 is 0 Å². The van der Waals surface area contributed by atoms with E-state index in [1.807, 2.05) is 36.0 Å². The van der Waals surface area contributed by atoms with E-state index < -0.39 is 0 Å². The van der Waals surface area contributed by atoms with Crippen molar-refractivity contribution in [1.82, 2.24) is 0 Å². The SMILES string of the molecule is N/C(=N\O)c1ccc(N2CCSCC2)cc1. The first kappa shape index (κ1) is 11.1. The van der Waals surface area contributed by atoms with E-state index in [9.17, 15) is 0 Å². The number of thioether (sulfide) groups is 1. The molecule has 1 heterocycles. The minimum absolute atomic E-state index is 0.153. The zero-order chi connectivity index (χ0) is 11.4. The Morgan fingerprint density at radius 2 is 1.88 bits per heavy atom. The lowest BCUT2D eigenvalue weighted by Crippen LogP contribution is -2.32. The molecule has 1 saturated heterocycles. The van der Waals surface area contributed by atoms with Crippen LogP contribution in [-0.2, 0) is 0 Å². The van der Waals surface area contributed by atoms with Crippen LogP contribution in [0.3, 0.4) is 0 Å². The lowest BCUT2D eigenvalue weighted by Gasteiger charge is -2.28. The van der Waals surface area contributed by atoms with Gasteiger partial charge in [0.1, 0.15) is 0 Å². The van der Waals surface area contributed by atoms with Crippen molar-refractivity contribution < 1.29 is 5.21 Å². The smallest absolute Gasteiger partial charge is 0.170 e. The zero-order valence-electron chi connectivity index (χ0n) is 8.97. The summed E-state index contributed by atoms with van der Waals surface area (Å²) in [7, 11) is 0. The Labute approximate surface area is 99.1 Å². The van der Waals surface area contributed by atoms with Gasteiger partial charge in [-0.2, -0.15) is 11.8 Å². The molecule has 0 aromatic heterocycles. The third-order valence-electron chi connectivity index (χ3n) is 2.65. The fourth-order valence-electron chi connectivity index (χ4n) is 1.72. The lowest BCUT2D eigenvalue weighted by atomic mass is 10.2. The van der Waals surface area contributed by atoms with Crippen LogP contribution in [0.25, 0.3) is 0 Å². The quantitative estimate of drug-likeness (QED) is 0.352. The molecule has 4 nitrogen and oxygen atoms in total. The first-order valence-electron chi connectivity index (χ1n) is 5.22. The summed E-state index contributed by atoms with van der Waals surface area (Å²) in [5.74, 6) is 2.52. The highest BCUT2D eigenvalue weighted by atomic mass is 32.2. The van der Waals surface area contributed by atoms with Crippen LogP contribution in [0.1, 0.15) is 5.56 Å². The van der Waals surface area contributed by atoms with Gasteiger partial charge in [0, 0.05) is 35.8 Å². The Bertz CT molecular complexity index is 371. The number of hydrogen-bond donors (Lipinski definition) is 2. The van der Waals surface area contributed by atoms with Crippen LogP contribution in [0, 0.1) is 0 Å². The summed E-state index contributed by atoms with van der Waals surface area (Å²) in [6, 6.07) is 7.80. The molecule has 0 bridgehead atoms. The average Bonchev–Trinajstić information content (AvgIpc) is 2.39. The number of anilines is 1. The largest absolute Gasteiger partial charge is 0.409 e. The Balaban J connectivity index is 2.12. The molecule has 0 radical (unpaired) electrons. The van der Waals surface area contributed by atoms with Crippen molar-refractivity contribution in [2.45, 2.75) is 0 Å². The predicted octanol–water partition coefficient (Wildman–Crippen LogP) is 1.33. The molecule has 16 heavy (non-hydrogen) atoms. The number of amidine groups is 1. The molecule has 86 valence electrons. The van der Waals surface area contributed by atoms with E-state index in [2.05, 4.69) is 10.1 Å². The number of benzene rings is 1. The van der Waals surface area contributed by atoms with Gasteiger partial charge in [0.25, 0.3) is 0 Å². The Morgan fingerprint density at radius 1 is 1.25 bits per heavy atom. The standard InChI is InChI=1S/C11H15N3OS/c12-11(13-15)9-1-3-10(4-2-9)14-5-7-16-8-6-14/h1-4,15H,5-8H2,(H2,12,13). The monoisotopic (exact) mass is 237 g/mol. The van der Waals surface area contributed by atoms with E-state index in [1.165, 1.54) is 17.2 Å². The van der Waals surface area contributed by atoms with E-state index in [0.717, 1.165) is 18.7 Å². The van der Waals surface area contributed by atoms with Gasteiger partial charge in [0.05, 0.1) is 0 Å². The lowest BCUT2D eigenvalue weighted by molar-refractivity contribution is 0.318. The summed E-state index contributed by atoms with van der Waals surface area (Å²) >= 11 is 1.99. The number of rotatable bonds is 2. The highest BCUT2D eigenvalue weighted by Crippen LogP contribution is 2.19.